The summed E-state index contributed by atoms with van der Waals surface area (Å²) in [6, 6.07) is 16.1. The van der Waals surface area contributed by atoms with E-state index in [9.17, 15) is 4.21 Å². The lowest BCUT2D eigenvalue weighted by atomic mass is 10.1. The van der Waals surface area contributed by atoms with Crippen LogP contribution < -0.4 is 15.9 Å². The number of hydrogen-bond donors (Lipinski definition) is 4. The van der Waals surface area contributed by atoms with E-state index >= 15 is 0 Å². The second-order valence-electron chi connectivity index (χ2n) is 4.96. The molecule has 3 rings (SSSR count). The average molecular weight is 342 g/mol. The van der Waals surface area contributed by atoms with E-state index in [0.717, 1.165) is 28.1 Å². The molecular weight excluding hydrogens is 326 g/mol. The highest BCUT2D eigenvalue weighted by Crippen LogP contribution is 2.20. The maximum Gasteiger partial charge on any atom is 0.227 e. The van der Waals surface area contributed by atoms with Crippen LogP contribution in [0.1, 0.15) is 0 Å². The minimum Gasteiger partial charge on any atom is -0.324 e. The SMILES string of the molecule is NS(=O)c1ccc(Nc2nccc(-c3ccc([NH2+]O)cc3)n2)cc1. The normalized spacial score (nSPS) is 11.9. The van der Waals surface area contributed by atoms with Gasteiger partial charge in [0.25, 0.3) is 0 Å². The fourth-order valence-electron chi connectivity index (χ4n) is 2.12. The van der Waals surface area contributed by atoms with Gasteiger partial charge in [0, 0.05) is 29.6 Å². The lowest BCUT2D eigenvalue weighted by Gasteiger charge is -2.07. The smallest absolute Gasteiger partial charge is 0.227 e. The lowest BCUT2D eigenvalue weighted by Crippen LogP contribution is -2.73. The number of aromatic nitrogens is 2. The molecule has 0 aliphatic carbocycles. The van der Waals surface area contributed by atoms with E-state index in [1.165, 1.54) is 0 Å². The van der Waals surface area contributed by atoms with Crippen molar-refractivity contribution in [2.45, 2.75) is 4.90 Å². The molecule has 0 bridgehead atoms. The Morgan fingerprint density at radius 2 is 1.75 bits per heavy atom. The molecule has 0 saturated carbocycles. The van der Waals surface area contributed by atoms with Gasteiger partial charge in [-0.1, -0.05) is 0 Å². The molecule has 0 amide bonds. The van der Waals surface area contributed by atoms with E-state index < -0.39 is 11.0 Å². The van der Waals surface area contributed by atoms with E-state index in [2.05, 4.69) is 15.3 Å². The molecule has 0 spiro atoms. The Labute approximate surface area is 141 Å². The number of nitrogens with zero attached hydrogens (tertiary/aromatic N) is 2. The number of nitrogens with two attached hydrogens (primary N) is 2. The van der Waals surface area contributed by atoms with Crippen LogP contribution in [0.4, 0.5) is 17.3 Å². The molecule has 0 saturated heterocycles. The zero-order valence-electron chi connectivity index (χ0n) is 12.6. The molecule has 1 unspecified atom stereocenters. The van der Waals surface area contributed by atoms with Crippen LogP contribution in [0.15, 0.2) is 65.7 Å². The third-order valence-corrected chi connectivity index (χ3v) is 4.09. The maximum absolute atomic E-state index is 11.2. The predicted molar refractivity (Wildman–Crippen MR) is 91.2 cm³/mol. The van der Waals surface area contributed by atoms with Gasteiger partial charge in [-0.25, -0.2) is 24.5 Å². The Balaban J connectivity index is 1.80. The minimum atomic E-state index is -1.49. The van der Waals surface area contributed by atoms with E-state index in [1.54, 1.807) is 42.6 Å². The van der Waals surface area contributed by atoms with E-state index in [1.807, 2.05) is 18.2 Å². The van der Waals surface area contributed by atoms with Gasteiger partial charge < -0.3 is 5.32 Å². The fraction of sp³-hybridized carbons (Fsp3) is 0. The van der Waals surface area contributed by atoms with Gasteiger partial charge in [0.2, 0.25) is 5.95 Å². The van der Waals surface area contributed by atoms with Crippen LogP contribution >= 0.6 is 0 Å². The summed E-state index contributed by atoms with van der Waals surface area (Å²) in [5, 5.41) is 17.4. The second-order valence-corrected chi connectivity index (χ2v) is 6.03. The quantitative estimate of drug-likeness (QED) is 0.413. The van der Waals surface area contributed by atoms with Gasteiger partial charge in [0.15, 0.2) is 5.69 Å². The lowest BCUT2D eigenvalue weighted by molar-refractivity contribution is -0.825. The van der Waals surface area contributed by atoms with Crippen molar-refractivity contribution in [3.05, 3.63) is 60.8 Å². The van der Waals surface area contributed by atoms with Crippen molar-refractivity contribution in [1.82, 2.24) is 9.97 Å². The summed E-state index contributed by atoms with van der Waals surface area (Å²) in [6.07, 6.45) is 1.67. The molecule has 1 heterocycles. The first-order valence-corrected chi connectivity index (χ1v) is 8.31. The molecule has 0 radical (unpaired) electrons. The Morgan fingerprint density at radius 1 is 1.04 bits per heavy atom. The van der Waals surface area contributed by atoms with Crippen LogP contribution in [-0.2, 0) is 11.0 Å². The van der Waals surface area contributed by atoms with Crippen molar-refractivity contribution in [3.63, 3.8) is 0 Å². The van der Waals surface area contributed by atoms with Gasteiger partial charge in [-0.3, -0.25) is 0 Å². The summed E-state index contributed by atoms with van der Waals surface area (Å²) >= 11 is 0. The zero-order valence-corrected chi connectivity index (χ0v) is 13.4. The molecule has 6 N–H and O–H groups in total. The van der Waals surface area contributed by atoms with Crippen molar-refractivity contribution in [2.24, 2.45) is 5.14 Å². The largest absolute Gasteiger partial charge is 0.324 e. The van der Waals surface area contributed by atoms with Crippen molar-refractivity contribution in [2.75, 3.05) is 5.32 Å². The minimum absolute atomic E-state index is 0.451. The van der Waals surface area contributed by atoms with Crippen molar-refractivity contribution < 1.29 is 14.9 Å². The number of rotatable bonds is 5. The second kappa shape index (κ2) is 7.28. The van der Waals surface area contributed by atoms with Crippen LogP contribution in [0.5, 0.6) is 0 Å². The summed E-state index contributed by atoms with van der Waals surface area (Å²) in [7, 11) is -1.49. The number of nitrogens with one attached hydrogen (secondary N) is 1. The Bertz CT molecular complexity index is 853. The number of anilines is 2. The topological polar surface area (TPSA) is 118 Å². The van der Waals surface area contributed by atoms with Crippen molar-refractivity contribution in [1.29, 1.82) is 0 Å². The molecule has 1 aromatic heterocycles. The fourth-order valence-corrected chi connectivity index (χ4v) is 2.53. The monoisotopic (exact) mass is 342 g/mol. The van der Waals surface area contributed by atoms with Gasteiger partial charge in [-0.15, -0.1) is 0 Å². The molecule has 0 aliphatic rings. The highest BCUT2D eigenvalue weighted by atomic mass is 32.2. The molecule has 7 nitrogen and oxygen atoms in total. The van der Waals surface area contributed by atoms with Crippen LogP contribution in [0.25, 0.3) is 11.3 Å². The summed E-state index contributed by atoms with van der Waals surface area (Å²) < 4.78 is 11.2. The molecule has 24 heavy (non-hydrogen) atoms. The third-order valence-electron chi connectivity index (χ3n) is 3.35. The summed E-state index contributed by atoms with van der Waals surface area (Å²) in [5.41, 5.74) is 4.22. The van der Waals surface area contributed by atoms with Gasteiger partial charge >= 0.3 is 0 Å². The molecule has 3 aromatic rings. The Kier molecular flexibility index (Phi) is 4.92. The number of quaternary nitrogens is 1. The molecule has 2 aromatic carbocycles. The Hall–Kier alpha value is -2.65. The van der Waals surface area contributed by atoms with Crippen molar-refractivity contribution in [3.8, 4) is 11.3 Å². The highest BCUT2D eigenvalue weighted by Gasteiger charge is 2.05. The van der Waals surface area contributed by atoms with Gasteiger partial charge in [0.05, 0.1) is 10.6 Å². The summed E-state index contributed by atoms with van der Waals surface area (Å²) in [6.45, 7) is 0. The molecule has 0 fully saturated rings. The van der Waals surface area contributed by atoms with Crippen LogP contribution in [0.3, 0.4) is 0 Å². The summed E-state index contributed by atoms with van der Waals surface area (Å²) in [5.74, 6) is 0.451. The average Bonchev–Trinajstić information content (AvgIpc) is 2.62. The standard InChI is InChI=1S/C16H15N5O2S/c17-24(23)14-7-5-12(6-8-14)19-16-18-10-9-15(20-16)11-1-3-13(21-22)4-2-11/h1-10,21-22H,17H2,(H,18,19,20)/p+1. The molecule has 0 aliphatic heterocycles. The van der Waals surface area contributed by atoms with Gasteiger partial charge in [-0.2, -0.15) is 5.48 Å². The molecular formula is C16H16N5O2S+. The van der Waals surface area contributed by atoms with Gasteiger partial charge in [0.1, 0.15) is 11.0 Å². The van der Waals surface area contributed by atoms with E-state index in [4.69, 9.17) is 10.3 Å². The first-order valence-electron chi connectivity index (χ1n) is 7.10. The first kappa shape index (κ1) is 16.2. The van der Waals surface area contributed by atoms with Crippen LogP contribution in [0.2, 0.25) is 0 Å². The first-order chi connectivity index (χ1) is 11.7. The van der Waals surface area contributed by atoms with Crippen LogP contribution in [-0.4, -0.2) is 19.4 Å². The third kappa shape index (κ3) is 3.81. The molecule has 122 valence electrons. The highest BCUT2D eigenvalue weighted by molar-refractivity contribution is 7.82. The zero-order chi connectivity index (χ0) is 16.9. The molecule has 8 heteroatoms. The maximum atomic E-state index is 11.2. The van der Waals surface area contributed by atoms with Crippen molar-refractivity contribution >= 4 is 28.3 Å². The predicted octanol–water partition coefficient (Wildman–Crippen LogP) is 1.45. The van der Waals surface area contributed by atoms with Gasteiger partial charge in [-0.05, 0) is 42.5 Å². The number of hydrogen-bond acceptors (Lipinski definition) is 5. The van der Waals surface area contributed by atoms with E-state index in [-0.39, 0.29) is 0 Å². The van der Waals surface area contributed by atoms with Crippen LogP contribution in [0, 0.1) is 0 Å². The van der Waals surface area contributed by atoms with E-state index in [0.29, 0.717) is 10.8 Å². The molecule has 1 atom stereocenters. The number of benzene rings is 2. The Morgan fingerprint density at radius 3 is 2.38 bits per heavy atom. The summed E-state index contributed by atoms with van der Waals surface area (Å²) in [4.78, 5) is 9.22.